The lowest BCUT2D eigenvalue weighted by molar-refractivity contribution is -0.121. The van der Waals surface area contributed by atoms with Gasteiger partial charge in [0, 0.05) is 12.2 Å². The molecular formula is C19H28N2O. The lowest BCUT2D eigenvalue weighted by atomic mass is 9.97. The highest BCUT2D eigenvalue weighted by molar-refractivity contribution is 5.84. The van der Waals surface area contributed by atoms with Crippen molar-refractivity contribution in [2.45, 2.75) is 58.9 Å². The third kappa shape index (κ3) is 4.62. The molecule has 2 N–H and O–H groups in total. The van der Waals surface area contributed by atoms with Gasteiger partial charge in [-0.1, -0.05) is 23.8 Å². The van der Waals surface area contributed by atoms with E-state index in [-0.39, 0.29) is 11.9 Å². The van der Waals surface area contributed by atoms with Crippen LogP contribution in [-0.2, 0) is 4.79 Å². The molecule has 0 heterocycles. The molecule has 1 amide bonds. The lowest BCUT2D eigenvalue weighted by Gasteiger charge is -2.18. The second kappa shape index (κ2) is 8.02. The van der Waals surface area contributed by atoms with Crippen molar-refractivity contribution in [3.63, 3.8) is 0 Å². The molecule has 22 heavy (non-hydrogen) atoms. The Balaban J connectivity index is 1.79. The quantitative estimate of drug-likeness (QED) is 0.776. The third-order valence-corrected chi connectivity index (χ3v) is 4.50. The second-order valence-corrected chi connectivity index (χ2v) is 6.26. The summed E-state index contributed by atoms with van der Waals surface area (Å²) in [5.74, 6) is 0.0670. The van der Waals surface area contributed by atoms with Gasteiger partial charge in [0.1, 0.15) is 6.04 Å². The molecule has 0 aromatic heterocycles. The Morgan fingerprint density at radius 3 is 2.82 bits per heavy atom. The van der Waals surface area contributed by atoms with E-state index in [0.717, 1.165) is 18.7 Å². The normalized spacial score (nSPS) is 15.9. The van der Waals surface area contributed by atoms with Crippen LogP contribution in [0.5, 0.6) is 0 Å². The Morgan fingerprint density at radius 2 is 2.09 bits per heavy atom. The number of hydrogen-bond acceptors (Lipinski definition) is 2. The lowest BCUT2D eigenvalue weighted by Crippen LogP contribution is -2.38. The summed E-state index contributed by atoms with van der Waals surface area (Å²) in [5.41, 5.74) is 4.98. The molecule has 1 aromatic carbocycles. The van der Waals surface area contributed by atoms with E-state index < -0.39 is 0 Å². The van der Waals surface area contributed by atoms with Crippen LogP contribution in [0.15, 0.2) is 29.8 Å². The van der Waals surface area contributed by atoms with E-state index in [1.807, 2.05) is 19.1 Å². The molecule has 2 rings (SSSR count). The van der Waals surface area contributed by atoms with Crippen LogP contribution in [-0.4, -0.2) is 18.5 Å². The fraction of sp³-hybridized carbons (Fsp3) is 0.526. The number of hydrogen-bond donors (Lipinski definition) is 2. The molecule has 0 spiro atoms. The van der Waals surface area contributed by atoms with Gasteiger partial charge in [-0.3, -0.25) is 4.79 Å². The predicted molar refractivity (Wildman–Crippen MR) is 93.2 cm³/mol. The summed E-state index contributed by atoms with van der Waals surface area (Å²) in [5, 5.41) is 6.35. The molecule has 0 aliphatic heterocycles. The van der Waals surface area contributed by atoms with Gasteiger partial charge < -0.3 is 10.6 Å². The molecule has 3 heteroatoms. The minimum absolute atomic E-state index is 0.0670. The maximum absolute atomic E-state index is 12.2. The number of nitrogens with one attached hydrogen (secondary N) is 2. The van der Waals surface area contributed by atoms with E-state index in [9.17, 15) is 4.79 Å². The molecule has 0 bridgehead atoms. The SMILES string of the molecule is Cc1cccc(NC(C)C(=O)NCCC2=CCCCC2)c1C. The smallest absolute Gasteiger partial charge is 0.242 e. The number of carbonyl (C=O) groups excluding carboxylic acids is 1. The van der Waals surface area contributed by atoms with Crippen LogP contribution in [0.25, 0.3) is 0 Å². The fourth-order valence-corrected chi connectivity index (χ4v) is 2.84. The highest BCUT2D eigenvalue weighted by Crippen LogP contribution is 2.20. The highest BCUT2D eigenvalue weighted by atomic mass is 16.2. The zero-order valence-electron chi connectivity index (χ0n) is 14.0. The standard InChI is InChI=1S/C19H28N2O/c1-14-8-7-11-18(15(14)2)21-16(3)19(22)20-13-12-17-9-5-4-6-10-17/h7-9,11,16,21H,4-6,10,12-13H2,1-3H3,(H,20,22). The summed E-state index contributed by atoms with van der Waals surface area (Å²) in [6.45, 7) is 6.82. The van der Waals surface area contributed by atoms with Gasteiger partial charge in [0.15, 0.2) is 0 Å². The third-order valence-electron chi connectivity index (χ3n) is 4.50. The molecule has 1 atom stereocenters. The topological polar surface area (TPSA) is 41.1 Å². The monoisotopic (exact) mass is 300 g/mol. The molecule has 0 fully saturated rings. The first-order valence-electron chi connectivity index (χ1n) is 8.36. The average molecular weight is 300 g/mol. The number of aryl methyl sites for hydroxylation is 1. The summed E-state index contributed by atoms with van der Waals surface area (Å²) < 4.78 is 0. The van der Waals surface area contributed by atoms with Crippen LogP contribution < -0.4 is 10.6 Å². The number of allylic oxidation sites excluding steroid dienone is 1. The van der Waals surface area contributed by atoms with Crippen LogP contribution in [0.1, 0.15) is 50.2 Å². The molecule has 1 aliphatic rings. The van der Waals surface area contributed by atoms with E-state index in [1.165, 1.54) is 42.4 Å². The highest BCUT2D eigenvalue weighted by Gasteiger charge is 2.13. The molecule has 0 saturated carbocycles. The van der Waals surface area contributed by atoms with E-state index in [2.05, 4.69) is 36.6 Å². The summed E-state index contributed by atoms with van der Waals surface area (Å²) >= 11 is 0. The van der Waals surface area contributed by atoms with Crippen molar-refractivity contribution in [1.82, 2.24) is 5.32 Å². The van der Waals surface area contributed by atoms with Crippen LogP contribution in [0.2, 0.25) is 0 Å². The molecule has 0 radical (unpaired) electrons. The Labute approximate surface area is 134 Å². The summed E-state index contributed by atoms with van der Waals surface area (Å²) in [4.78, 5) is 12.2. The zero-order valence-corrected chi connectivity index (χ0v) is 14.0. The largest absolute Gasteiger partial charge is 0.374 e. The molecule has 1 aliphatic carbocycles. The first-order valence-corrected chi connectivity index (χ1v) is 8.36. The number of rotatable bonds is 6. The maximum Gasteiger partial charge on any atom is 0.242 e. The van der Waals surface area contributed by atoms with Gasteiger partial charge in [0.2, 0.25) is 5.91 Å². The molecule has 1 aromatic rings. The van der Waals surface area contributed by atoms with Crippen molar-refractivity contribution < 1.29 is 4.79 Å². The zero-order chi connectivity index (χ0) is 15.9. The Hall–Kier alpha value is -1.77. The van der Waals surface area contributed by atoms with Gasteiger partial charge in [-0.15, -0.1) is 0 Å². The van der Waals surface area contributed by atoms with Crippen LogP contribution in [0.4, 0.5) is 5.69 Å². The van der Waals surface area contributed by atoms with Crippen molar-refractivity contribution in [3.05, 3.63) is 41.0 Å². The van der Waals surface area contributed by atoms with Crippen LogP contribution >= 0.6 is 0 Å². The molecular weight excluding hydrogens is 272 g/mol. The van der Waals surface area contributed by atoms with Crippen LogP contribution in [0, 0.1) is 13.8 Å². The van der Waals surface area contributed by atoms with Crippen molar-refractivity contribution >= 4 is 11.6 Å². The first kappa shape index (κ1) is 16.6. The number of carbonyl (C=O) groups is 1. The summed E-state index contributed by atoms with van der Waals surface area (Å²) in [6, 6.07) is 5.91. The van der Waals surface area contributed by atoms with E-state index in [4.69, 9.17) is 0 Å². The number of anilines is 1. The Bertz CT molecular complexity index is 548. The average Bonchev–Trinajstić information content (AvgIpc) is 2.52. The van der Waals surface area contributed by atoms with Gasteiger partial charge in [-0.25, -0.2) is 0 Å². The van der Waals surface area contributed by atoms with Gasteiger partial charge in [0.05, 0.1) is 0 Å². The van der Waals surface area contributed by atoms with Gasteiger partial charge in [0.25, 0.3) is 0 Å². The second-order valence-electron chi connectivity index (χ2n) is 6.26. The van der Waals surface area contributed by atoms with Crippen molar-refractivity contribution in [2.24, 2.45) is 0 Å². The Morgan fingerprint density at radius 1 is 1.27 bits per heavy atom. The molecule has 1 unspecified atom stereocenters. The van der Waals surface area contributed by atoms with Crippen molar-refractivity contribution in [2.75, 3.05) is 11.9 Å². The summed E-state index contributed by atoms with van der Waals surface area (Å²) in [7, 11) is 0. The predicted octanol–water partition coefficient (Wildman–Crippen LogP) is 4.11. The van der Waals surface area contributed by atoms with Crippen molar-refractivity contribution in [1.29, 1.82) is 0 Å². The number of benzene rings is 1. The van der Waals surface area contributed by atoms with E-state index in [1.54, 1.807) is 0 Å². The first-order chi connectivity index (χ1) is 10.6. The van der Waals surface area contributed by atoms with E-state index >= 15 is 0 Å². The minimum atomic E-state index is -0.221. The Kier molecular flexibility index (Phi) is 6.05. The van der Waals surface area contributed by atoms with Gasteiger partial charge in [-0.05, 0) is 70.1 Å². The van der Waals surface area contributed by atoms with Gasteiger partial charge >= 0.3 is 0 Å². The van der Waals surface area contributed by atoms with Crippen molar-refractivity contribution in [3.8, 4) is 0 Å². The summed E-state index contributed by atoms with van der Waals surface area (Å²) in [6.07, 6.45) is 8.34. The minimum Gasteiger partial charge on any atom is -0.374 e. The molecule has 3 nitrogen and oxygen atoms in total. The van der Waals surface area contributed by atoms with Crippen LogP contribution in [0.3, 0.4) is 0 Å². The molecule has 120 valence electrons. The van der Waals surface area contributed by atoms with E-state index in [0.29, 0.717) is 0 Å². The number of amides is 1. The molecule has 0 saturated heterocycles. The maximum atomic E-state index is 12.2. The fourth-order valence-electron chi connectivity index (χ4n) is 2.84. The van der Waals surface area contributed by atoms with Gasteiger partial charge in [-0.2, -0.15) is 0 Å².